The first-order valence-electron chi connectivity index (χ1n) is 5.09. The van der Waals surface area contributed by atoms with Gasteiger partial charge in [-0.3, -0.25) is 0 Å². The number of carbonyl (C=O) groups excluding carboxylic acids is 1. The molecular formula is C11H17N3O. The minimum atomic E-state index is -0.113. The fourth-order valence-electron chi connectivity index (χ4n) is 1.32. The molecule has 0 unspecified atom stereocenters. The van der Waals surface area contributed by atoms with E-state index in [2.05, 4.69) is 5.32 Å². The predicted molar refractivity (Wildman–Crippen MR) is 62.8 cm³/mol. The van der Waals surface area contributed by atoms with Crippen molar-refractivity contribution in [2.24, 2.45) is 0 Å². The highest BCUT2D eigenvalue weighted by Gasteiger charge is 2.09. The monoisotopic (exact) mass is 207 g/mol. The maximum atomic E-state index is 11.7. The number of para-hydroxylation sites is 2. The Bertz CT molecular complexity index is 334. The summed E-state index contributed by atoms with van der Waals surface area (Å²) in [5.74, 6) is 0. The lowest BCUT2D eigenvalue weighted by Gasteiger charge is -2.19. The first kappa shape index (κ1) is 11.4. The van der Waals surface area contributed by atoms with Gasteiger partial charge in [-0.05, 0) is 26.0 Å². The number of nitrogens with one attached hydrogen (secondary N) is 1. The molecule has 0 bridgehead atoms. The predicted octanol–water partition coefficient (Wildman–Crippen LogP) is 2.14. The van der Waals surface area contributed by atoms with Crippen LogP contribution < -0.4 is 11.1 Å². The summed E-state index contributed by atoms with van der Waals surface area (Å²) in [5, 5.41) is 2.77. The largest absolute Gasteiger partial charge is 0.397 e. The van der Waals surface area contributed by atoms with Crippen molar-refractivity contribution in [3.63, 3.8) is 0 Å². The van der Waals surface area contributed by atoms with E-state index in [9.17, 15) is 4.79 Å². The number of hydrogen-bond donors (Lipinski definition) is 2. The van der Waals surface area contributed by atoms with E-state index in [1.165, 1.54) is 0 Å². The Hall–Kier alpha value is -1.71. The van der Waals surface area contributed by atoms with E-state index in [0.29, 0.717) is 24.5 Å². The van der Waals surface area contributed by atoms with Gasteiger partial charge in [-0.2, -0.15) is 0 Å². The third kappa shape index (κ3) is 2.87. The SMILES string of the molecule is CCN(CC)C(=O)Nc1ccccc1N. The summed E-state index contributed by atoms with van der Waals surface area (Å²) < 4.78 is 0. The molecule has 4 nitrogen and oxygen atoms in total. The second-order valence-electron chi connectivity index (χ2n) is 3.19. The van der Waals surface area contributed by atoms with Crippen LogP contribution in [0.4, 0.5) is 16.2 Å². The van der Waals surface area contributed by atoms with E-state index in [-0.39, 0.29) is 6.03 Å². The van der Waals surface area contributed by atoms with Gasteiger partial charge < -0.3 is 16.0 Å². The number of rotatable bonds is 3. The second-order valence-corrected chi connectivity index (χ2v) is 3.19. The molecule has 0 atom stereocenters. The van der Waals surface area contributed by atoms with Gasteiger partial charge in [0.2, 0.25) is 0 Å². The molecule has 1 rings (SSSR count). The minimum Gasteiger partial charge on any atom is -0.397 e. The molecule has 0 aromatic heterocycles. The van der Waals surface area contributed by atoms with Crippen LogP contribution in [-0.4, -0.2) is 24.0 Å². The van der Waals surface area contributed by atoms with E-state index >= 15 is 0 Å². The van der Waals surface area contributed by atoms with Crippen LogP contribution in [0.1, 0.15) is 13.8 Å². The van der Waals surface area contributed by atoms with Crippen molar-refractivity contribution in [3.8, 4) is 0 Å². The van der Waals surface area contributed by atoms with E-state index in [1.54, 1.807) is 17.0 Å². The average Bonchev–Trinajstić information content (AvgIpc) is 2.23. The summed E-state index contributed by atoms with van der Waals surface area (Å²) in [5.41, 5.74) is 6.96. The molecule has 0 radical (unpaired) electrons. The number of benzene rings is 1. The number of nitrogens with zero attached hydrogens (tertiary/aromatic N) is 1. The van der Waals surface area contributed by atoms with Crippen molar-refractivity contribution in [2.75, 3.05) is 24.1 Å². The summed E-state index contributed by atoms with van der Waals surface area (Å²) >= 11 is 0. The van der Waals surface area contributed by atoms with Gasteiger partial charge in [-0.1, -0.05) is 12.1 Å². The molecule has 2 amide bonds. The van der Waals surface area contributed by atoms with Crippen molar-refractivity contribution in [1.29, 1.82) is 0 Å². The first-order valence-corrected chi connectivity index (χ1v) is 5.09. The van der Waals surface area contributed by atoms with E-state index in [4.69, 9.17) is 5.73 Å². The lowest BCUT2D eigenvalue weighted by molar-refractivity contribution is 0.217. The van der Waals surface area contributed by atoms with Crippen LogP contribution in [0.3, 0.4) is 0 Å². The Morgan fingerprint density at radius 2 is 1.93 bits per heavy atom. The van der Waals surface area contributed by atoms with Crippen LogP contribution in [-0.2, 0) is 0 Å². The van der Waals surface area contributed by atoms with Gasteiger partial charge in [0.05, 0.1) is 11.4 Å². The molecular weight excluding hydrogens is 190 g/mol. The van der Waals surface area contributed by atoms with Crippen molar-refractivity contribution in [1.82, 2.24) is 4.90 Å². The number of nitrogen functional groups attached to an aromatic ring is 1. The van der Waals surface area contributed by atoms with Crippen LogP contribution in [0.2, 0.25) is 0 Å². The Morgan fingerprint density at radius 1 is 1.33 bits per heavy atom. The summed E-state index contributed by atoms with van der Waals surface area (Å²) in [6, 6.07) is 7.11. The van der Waals surface area contributed by atoms with Gasteiger partial charge in [0.25, 0.3) is 0 Å². The Balaban J connectivity index is 2.70. The van der Waals surface area contributed by atoms with Crippen molar-refractivity contribution in [3.05, 3.63) is 24.3 Å². The normalized spacial score (nSPS) is 9.73. The lowest BCUT2D eigenvalue weighted by atomic mass is 10.3. The van der Waals surface area contributed by atoms with Gasteiger partial charge in [0, 0.05) is 13.1 Å². The molecule has 0 aliphatic heterocycles. The molecule has 1 aromatic carbocycles. The standard InChI is InChI=1S/C11H17N3O/c1-3-14(4-2)11(15)13-10-8-6-5-7-9(10)12/h5-8H,3-4,12H2,1-2H3,(H,13,15). The molecule has 3 N–H and O–H groups in total. The van der Waals surface area contributed by atoms with Crippen molar-refractivity contribution in [2.45, 2.75) is 13.8 Å². The molecule has 0 heterocycles. The van der Waals surface area contributed by atoms with Crippen LogP contribution in [0.5, 0.6) is 0 Å². The molecule has 0 saturated heterocycles. The molecule has 82 valence electrons. The number of amides is 2. The summed E-state index contributed by atoms with van der Waals surface area (Å²) in [6.07, 6.45) is 0. The van der Waals surface area contributed by atoms with Gasteiger partial charge >= 0.3 is 6.03 Å². The van der Waals surface area contributed by atoms with E-state index in [0.717, 1.165) is 0 Å². The van der Waals surface area contributed by atoms with Gasteiger partial charge in [0.15, 0.2) is 0 Å². The maximum absolute atomic E-state index is 11.7. The molecule has 15 heavy (non-hydrogen) atoms. The highest BCUT2D eigenvalue weighted by molar-refractivity contribution is 5.92. The van der Waals surface area contributed by atoms with Crippen LogP contribution in [0.15, 0.2) is 24.3 Å². The Kier molecular flexibility index (Phi) is 3.97. The van der Waals surface area contributed by atoms with Gasteiger partial charge in [0.1, 0.15) is 0 Å². The minimum absolute atomic E-state index is 0.113. The van der Waals surface area contributed by atoms with Crippen molar-refractivity contribution >= 4 is 17.4 Å². The molecule has 0 aliphatic carbocycles. The molecule has 0 spiro atoms. The number of hydrogen-bond acceptors (Lipinski definition) is 2. The molecule has 0 fully saturated rings. The van der Waals surface area contributed by atoms with E-state index < -0.39 is 0 Å². The zero-order chi connectivity index (χ0) is 11.3. The average molecular weight is 207 g/mol. The summed E-state index contributed by atoms with van der Waals surface area (Å²) in [4.78, 5) is 13.4. The number of nitrogens with two attached hydrogens (primary N) is 1. The quantitative estimate of drug-likeness (QED) is 0.746. The van der Waals surface area contributed by atoms with Gasteiger partial charge in [-0.15, -0.1) is 0 Å². The van der Waals surface area contributed by atoms with Crippen LogP contribution >= 0.6 is 0 Å². The molecule has 0 aliphatic rings. The zero-order valence-corrected chi connectivity index (χ0v) is 9.16. The summed E-state index contributed by atoms with van der Waals surface area (Å²) in [6.45, 7) is 5.26. The van der Waals surface area contributed by atoms with E-state index in [1.807, 2.05) is 26.0 Å². The topological polar surface area (TPSA) is 58.4 Å². The smallest absolute Gasteiger partial charge is 0.321 e. The number of carbonyl (C=O) groups is 1. The highest BCUT2D eigenvalue weighted by Crippen LogP contribution is 2.16. The van der Waals surface area contributed by atoms with Gasteiger partial charge in [-0.25, -0.2) is 4.79 Å². The first-order chi connectivity index (χ1) is 7.19. The molecule has 1 aromatic rings. The maximum Gasteiger partial charge on any atom is 0.321 e. The zero-order valence-electron chi connectivity index (χ0n) is 9.16. The number of anilines is 2. The number of urea groups is 1. The fraction of sp³-hybridized carbons (Fsp3) is 0.364. The highest BCUT2D eigenvalue weighted by atomic mass is 16.2. The van der Waals surface area contributed by atoms with Crippen LogP contribution in [0.25, 0.3) is 0 Å². The Labute approximate surface area is 90.1 Å². The Morgan fingerprint density at radius 3 is 2.47 bits per heavy atom. The third-order valence-corrected chi connectivity index (χ3v) is 2.25. The summed E-state index contributed by atoms with van der Waals surface area (Å²) in [7, 11) is 0. The second kappa shape index (κ2) is 5.24. The molecule has 4 heteroatoms. The molecule has 0 saturated carbocycles. The lowest BCUT2D eigenvalue weighted by Crippen LogP contribution is -2.34. The van der Waals surface area contributed by atoms with Crippen LogP contribution in [0, 0.1) is 0 Å². The third-order valence-electron chi connectivity index (χ3n) is 2.25. The fourth-order valence-corrected chi connectivity index (χ4v) is 1.32. The van der Waals surface area contributed by atoms with Crippen molar-refractivity contribution < 1.29 is 4.79 Å².